The number of aromatic nitrogens is 2. The summed E-state index contributed by atoms with van der Waals surface area (Å²) in [6.45, 7) is 0. The van der Waals surface area contributed by atoms with Crippen LogP contribution >= 0.6 is 11.6 Å². The number of nitrogens with zero attached hydrogens (tertiary/aromatic N) is 2. The largest absolute Gasteiger partial charge is 0.481 e. The van der Waals surface area contributed by atoms with Crippen molar-refractivity contribution < 1.29 is 22.7 Å². The predicted molar refractivity (Wildman–Crippen MR) is 68.5 cm³/mol. The van der Waals surface area contributed by atoms with Gasteiger partial charge in [0.05, 0.1) is 7.11 Å². The summed E-state index contributed by atoms with van der Waals surface area (Å²) < 4.78 is 42.9. The molecule has 0 amide bonds. The molecule has 0 bridgehead atoms. The topological polar surface area (TPSA) is 52.1 Å². The van der Waals surface area contributed by atoms with E-state index in [-0.39, 0.29) is 16.5 Å². The molecule has 110 valence electrons. The Bertz CT molecular complexity index is 689. The van der Waals surface area contributed by atoms with Gasteiger partial charge >= 0.3 is 6.18 Å². The molecule has 1 aromatic heterocycles. The number of hydrogen-bond acceptors (Lipinski definition) is 4. The molecule has 0 N–H and O–H groups in total. The molecule has 4 nitrogen and oxygen atoms in total. The van der Waals surface area contributed by atoms with Crippen LogP contribution in [0.1, 0.15) is 21.9 Å². The molecule has 1 aromatic carbocycles. The molecule has 0 saturated carbocycles. The van der Waals surface area contributed by atoms with Gasteiger partial charge in [-0.3, -0.25) is 4.79 Å². The smallest absolute Gasteiger partial charge is 0.433 e. The molecule has 0 saturated heterocycles. The van der Waals surface area contributed by atoms with Gasteiger partial charge in [0.25, 0.3) is 0 Å². The van der Waals surface area contributed by atoms with Crippen LogP contribution in [0.5, 0.6) is 5.88 Å². The molecule has 0 unspecified atom stereocenters. The van der Waals surface area contributed by atoms with Crippen molar-refractivity contribution in [2.75, 3.05) is 7.11 Å². The Balaban J connectivity index is 2.50. The minimum atomic E-state index is -4.71. The number of ketones is 1. The van der Waals surface area contributed by atoms with Gasteiger partial charge in [0, 0.05) is 16.7 Å². The van der Waals surface area contributed by atoms with Crippen molar-refractivity contribution in [1.29, 1.82) is 0 Å². The van der Waals surface area contributed by atoms with Crippen LogP contribution in [0, 0.1) is 0 Å². The van der Waals surface area contributed by atoms with E-state index >= 15 is 0 Å². The highest BCUT2D eigenvalue weighted by molar-refractivity contribution is 6.31. The summed E-state index contributed by atoms with van der Waals surface area (Å²) in [4.78, 5) is 19.0. The third-order valence-electron chi connectivity index (χ3n) is 2.49. The monoisotopic (exact) mass is 316 g/mol. The summed E-state index contributed by atoms with van der Waals surface area (Å²) in [6, 6.07) is 6.38. The van der Waals surface area contributed by atoms with E-state index in [0.29, 0.717) is 6.07 Å². The molecule has 2 rings (SSSR count). The molecule has 2 aromatic rings. The Labute approximate surface area is 122 Å². The fraction of sp³-hybridized carbons (Fsp3) is 0.154. The van der Waals surface area contributed by atoms with Gasteiger partial charge in [-0.2, -0.15) is 18.2 Å². The number of alkyl halides is 3. The molecule has 8 heteroatoms. The van der Waals surface area contributed by atoms with E-state index in [4.69, 9.17) is 11.6 Å². The van der Waals surface area contributed by atoms with E-state index in [9.17, 15) is 18.0 Å². The van der Waals surface area contributed by atoms with Crippen molar-refractivity contribution in [3.63, 3.8) is 0 Å². The molecular weight excluding hydrogens is 309 g/mol. The third kappa shape index (κ3) is 3.49. The molecule has 0 radical (unpaired) electrons. The van der Waals surface area contributed by atoms with Crippen LogP contribution in [-0.4, -0.2) is 22.9 Å². The molecule has 0 fully saturated rings. The first-order valence-corrected chi connectivity index (χ1v) is 5.99. The van der Waals surface area contributed by atoms with E-state index in [2.05, 4.69) is 14.7 Å². The van der Waals surface area contributed by atoms with Crippen molar-refractivity contribution in [3.05, 3.63) is 52.4 Å². The van der Waals surface area contributed by atoms with Gasteiger partial charge in [-0.25, -0.2) is 4.98 Å². The third-order valence-corrected chi connectivity index (χ3v) is 2.73. The van der Waals surface area contributed by atoms with E-state index in [1.807, 2.05) is 0 Å². The number of rotatable bonds is 3. The van der Waals surface area contributed by atoms with Gasteiger partial charge in [0.1, 0.15) is 0 Å². The normalized spacial score (nSPS) is 11.3. The van der Waals surface area contributed by atoms with Crippen molar-refractivity contribution in [2.24, 2.45) is 0 Å². The fourth-order valence-corrected chi connectivity index (χ4v) is 1.73. The summed E-state index contributed by atoms with van der Waals surface area (Å²) in [5.41, 5.74) is -1.16. The van der Waals surface area contributed by atoms with Gasteiger partial charge in [0.15, 0.2) is 5.69 Å². The number of methoxy groups -OCH3 is 1. The van der Waals surface area contributed by atoms with E-state index in [1.165, 1.54) is 24.3 Å². The highest BCUT2D eigenvalue weighted by Gasteiger charge is 2.34. The van der Waals surface area contributed by atoms with Gasteiger partial charge in [0.2, 0.25) is 17.5 Å². The molecule has 0 spiro atoms. The maximum Gasteiger partial charge on any atom is 0.433 e. The maximum absolute atomic E-state index is 12.7. The Hall–Kier alpha value is -2.15. The standard InChI is InChI=1S/C13H8ClF3N2O2/c1-21-10-6-9(13(15,16)17)18-12(19-10)11(20)7-3-2-4-8(14)5-7/h2-6H,1H3. The quantitative estimate of drug-likeness (QED) is 0.815. The van der Waals surface area contributed by atoms with Gasteiger partial charge in [-0.1, -0.05) is 23.7 Å². The highest BCUT2D eigenvalue weighted by atomic mass is 35.5. The van der Waals surface area contributed by atoms with Crippen LogP contribution in [0.15, 0.2) is 30.3 Å². The average Bonchev–Trinajstić information content (AvgIpc) is 2.45. The first kappa shape index (κ1) is 15.2. The van der Waals surface area contributed by atoms with Gasteiger partial charge < -0.3 is 4.74 Å². The molecule has 0 aliphatic carbocycles. The Morgan fingerprint density at radius 3 is 2.52 bits per heavy atom. The zero-order valence-corrected chi connectivity index (χ0v) is 11.4. The maximum atomic E-state index is 12.7. The van der Waals surface area contributed by atoms with Crippen molar-refractivity contribution in [1.82, 2.24) is 9.97 Å². The first-order chi connectivity index (χ1) is 9.81. The van der Waals surface area contributed by atoms with E-state index < -0.39 is 23.5 Å². The van der Waals surface area contributed by atoms with Crippen molar-refractivity contribution in [3.8, 4) is 5.88 Å². The number of carbonyl (C=O) groups is 1. The van der Waals surface area contributed by atoms with Crippen LogP contribution < -0.4 is 4.74 Å². The summed E-state index contributed by atoms with van der Waals surface area (Å²) in [7, 11) is 1.15. The van der Waals surface area contributed by atoms with Crippen LogP contribution in [0.2, 0.25) is 5.02 Å². The summed E-state index contributed by atoms with van der Waals surface area (Å²) in [5.74, 6) is -1.73. The zero-order valence-electron chi connectivity index (χ0n) is 10.6. The predicted octanol–water partition coefficient (Wildman–Crippen LogP) is 3.39. The molecule has 0 aliphatic heterocycles. The molecule has 0 aliphatic rings. The number of carbonyl (C=O) groups excluding carboxylic acids is 1. The first-order valence-electron chi connectivity index (χ1n) is 5.62. The number of hydrogen-bond donors (Lipinski definition) is 0. The summed E-state index contributed by atoms with van der Waals surface area (Å²) >= 11 is 5.74. The average molecular weight is 317 g/mol. The van der Waals surface area contributed by atoms with Crippen LogP contribution in [0.4, 0.5) is 13.2 Å². The van der Waals surface area contributed by atoms with E-state index in [1.54, 1.807) is 0 Å². The number of halogens is 4. The minimum absolute atomic E-state index is 0.0869. The Kier molecular flexibility index (Phi) is 4.13. The summed E-state index contributed by atoms with van der Waals surface area (Å²) in [6.07, 6.45) is -4.71. The van der Waals surface area contributed by atoms with Gasteiger partial charge in [-0.05, 0) is 12.1 Å². The van der Waals surface area contributed by atoms with Crippen LogP contribution in [0.25, 0.3) is 0 Å². The molecule has 21 heavy (non-hydrogen) atoms. The highest BCUT2D eigenvalue weighted by Crippen LogP contribution is 2.29. The second-order valence-electron chi connectivity index (χ2n) is 3.96. The Morgan fingerprint density at radius 2 is 1.95 bits per heavy atom. The lowest BCUT2D eigenvalue weighted by Gasteiger charge is -2.09. The molecule has 0 atom stereocenters. The summed E-state index contributed by atoms with van der Waals surface area (Å²) in [5, 5.41) is 0.278. The van der Waals surface area contributed by atoms with Crippen molar-refractivity contribution in [2.45, 2.75) is 6.18 Å². The number of ether oxygens (including phenoxy) is 1. The van der Waals surface area contributed by atoms with Crippen LogP contribution in [-0.2, 0) is 6.18 Å². The minimum Gasteiger partial charge on any atom is -0.481 e. The van der Waals surface area contributed by atoms with Crippen LogP contribution in [0.3, 0.4) is 0 Å². The van der Waals surface area contributed by atoms with E-state index in [0.717, 1.165) is 7.11 Å². The lowest BCUT2D eigenvalue weighted by atomic mass is 10.1. The lowest BCUT2D eigenvalue weighted by molar-refractivity contribution is -0.141. The second-order valence-corrected chi connectivity index (χ2v) is 4.39. The zero-order chi connectivity index (χ0) is 15.6. The SMILES string of the molecule is COc1cc(C(F)(F)F)nc(C(=O)c2cccc(Cl)c2)n1. The molecular formula is C13H8ClF3N2O2. The fourth-order valence-electron chi connectivity index (χ4n) is 1.54. The Morgan fingerprint density at radius 1 is 1.24 bits per heavy atom. The van der Waals surface area contributed by atoms with Gasteiger partial charge in [-0.15, -0.1) is 0 Å². The lowest BCUT2D eigenvalue weighted by Crippen LogP contribution is -2.15. The second kappa shape index (κ2) is 5.69. The number of benzene rings is 1. The molecule has 1 heterocycles. The van der Waals surface area contributed by atoms with Crippen molar-refractivity contribution >= 4 is 17.4 Å².